The summed E-state index contributed by atoms with van der Waals surface area (Å²) in [6, 6.07) is 15.6. The molecule has 0 aliphatic carbocycles. The van der Waals surface area contributed by atoms with E-state index >= 15 is 0 Å². The number of H-pyrrole nitrogens is 2. The van der Waals surface area contributed by atoms with Crippen molar-refractivity contribution in [1.29, 1.82) is 0 Å². The molecule has 4 N–H and O–H groups in total. The van der Waals surface area contributed by atoms with Crippen molar-refractivity contribution in [3.05, 3.63) is 66.5 Å². The van der Waals surface area contributed by atoms with Crippen LogP contribution in [-0.2, 0) is 13.3 Å². The molecule has 2 aromatic carbocycles. The monoisotopic (exact) mass is 493 g/mol. The Balaban J connectivity index is 1.17. The number of imidazole rings is 2. The van der Waals surface area contributed by atoms with Crippen LogP contribution in [-0.4, -0.2) is 37.6 Å². The average Bonchev–Trinajstić information content (AvgIpc) is 3.73. The summed E-state index contributed by atoms with van der Waals surface area (Å²) in [7, 11) is 0. The normalized spacial score (nSPS) is 16.6. The quantitative estimate of drug-likeness (QED) is 0.229. The molecule has 2 aliphatic rings. The van der Waals surface area contributed by atoms with Gasteiger partial charge in [-0.05, 0) is 62.7 Å². The Bertz CT molecular complexity index is 1570. The molecule has 2 aliphatic heterocycles. The topological polar surface area (TPSA) is 95.6 Å². The molecular formula is C29H31N7O. The molecule has 1 atom stereocenters. The van der Waals surface area contributed by atoms with Crippen molar-refractivity contribution in [3.8, 4) is 39.5 Å². The highest BCUT2D eigenvalue weighted by molar-refractivity contribution is 5.92. The zero-order valence-electron chi connectivity index (χ0n) is 21.0. The van der Waals surface area contributed by atoms with E-state index in [0.717, 1.165) is 78.0 Å². The number of rotatable bonds is 7. The smallest absolute Gasteiger partial charge is 0.165 e. The summed E-state index contributed by atoms with van der Waals surface area (Å²) < 4.78 is 8.49. The fourth-order valence-electron chi connectivity index (χ4n) is 5.52. The fourth-order valence-corrected chi connectivity index (χ4v) is 5.52. The van der Waals surface area contributed by atoms with E-state index in [2.05, 4.69) is 84.5 Å². The Morgan fingerprint density at radius 1 is 1.03 bits per heavy atom. The summed E-state index contributed by atoms with van der Waals surface area (Å²) in [5.41, 5.74) is 7.73. The Labute approximate surface area is 215 Å². The Kier molecular flexibility index (Phi) is 5.56. The number of fused-ring (bicyclic) bond motifs is 5. The number of aromatic amines is 2. The third-order valence-electron chi connectivity index (χ3n) is 7.46. The van der Waals surface area contributed by atoms with Crippen LogP contribution in [0.15, 0.2) is 54.9 Å². The maximum atomic E-state index is 6.24. The highest BCUT2D eigenvalue weighted by Gasteiger charge is 2.22. The van der Waals surface area contributed by atoms with Crippen LogP contribution in [0.3, 0.4) is 0 Å². The Morgan fingerprint density at radius 2 is 1.89 bits per heavy atom. The summed E-state index contributed by atoms with van der Waals surface area (Å²) in [6.07, 6.45) is 7.29. The maximum Gasteiger partial charge on any atom is 0.165 e. The fraction of sp³-hybridized carbons (Fsp3) is 0.310. The molecule has 0 radical (unpaired) electrons. The van der Waals surface area contributed by atoms with Gasteiger partial charge in [-0.25, -0.2) is 9.97 Å². The van der Waals surface area contributed by atoms with Crippen molar-refractivity contribution in [3.63, 3.8) is 0 Å². The molecule has 5 heterocycles. The molecule has 8 heteroatoms. The molecule has 1 fully saturated rings. The van der Waals surface area contributed by atoms with Gasteiger partial charge in [0.05, 0.1) is 47.6 Å². The third-order valence-corrected chi connectivity index (χ3v) is 7.46. The number of aromatic nitrogens is 5. The van der Waals surface area contributed by atoms with Crippen molar-refractivity contribution in [1.82, 2.24) is 35.1 Å². The standard InChI is InChI=1S/C29H31N7O/c1-2-9-30-16-28-32-14-23(34-28)18-6-8-25-20(11-18)12-26-21-7-5-19(13-27(21)37-17-36(25)26)24-15-33-29(35-24)22-4-3-10-31-22/h5-8,11-15,22,30-31H,2-4,9-10,16-17H2,1H3,(H,32,34)(H,33,35). The van der Waals surface area contributed by atoms with Crippen LogP contribution >= 0.6 is 0 Å². The van der Waals surface area contributed by atoms with Gasteiger partial charge >= 0.3 is 0 Å². The van der Waals surface area contributed by atoms with Crippen LogP contribution in [0.25, 0.3) is 44.7 Å². The highest BCUT2D eigenvalue weighted by Crippen LogP contribution is 2.41. The molecule has 1 unspecified atom stereocenters. The van der Waals surface area contributed by atoms with E-state index in [0.29, 0.717) is 12.8 Å². The van der Waals surface area contributed by atoms with Gasteiger partial charge in [0.2, 0.25) is 0 Å². The van der Waals surface area contributed by atoms with Crippen molar-refractivity contribution in [2.75, 3.05) is 13.1 Å². The van der Waals surface area contributed by atoms with E-state index in [4.69, 9.17) is 4.74 Å². The number of nitrogens with zero attached hydrogens (tertiary/aromatic N) is 3. The van der Waals surface area contributed by atoms with Gasteiger partial charge in [0.25, 0.3) is 0 Å². The zero-order valence-corrected chi connectivity index (χ0v) is 21.0. The third kappa shape index (κ3) is 4.02. The minimum atomic E-state index is 0.328. The van der Waals surface area contributed by atoms with Crippen LogP contribution in [0.1, 0.15) is 43.9 Å². The zero-order chi connectivity index (χ0) is 24.8. The predicted molar refractivity (Wildman–Crippen MR) is 145 cm³/mol. The van der Waals surface area contributed by atoms with Gasteiger partial charge in [-0.2, -0.15) is 0 Å². The molecule has 0 bridgehead atoms. The van der Waals surface area contributed by atoms with E-state index < -0.39 is 0 Å². The minimum absolute atomic E-state index is 0.328. The summed E-state index contributed by atoms with van der Waals surface area (Å²) in [4.78, 5) is 16.1. The van der Waals surface area contributed by atoms with Gasteiger partial charge in [-0.1, -0.05) is 19.1 Å². The van der Waals surface area contributed by atoms with Gasteiger partial charge in [0, 0.05) is 22.1 Å². The largest absolute Gasteiger partial charge is 0.472 e. The lowest BCUT2D eigenvalue weighted by molar-refractivity contribution is 0.235. The van der Waals surface area contributed by atoms with Crippen LogP contribution < -0.4 is 15.4 Å². The van der Waals surface area contributed by atoms with Crippen molar-refractivity contribution in [2.24, 2.45) is 0 Å². The molecule has 0 amide bonds. The molecule has 37 heavy (non-hydrogen) atoms. The molecule has 3 aromatic heterocycles. The maximum absolute atomic E-state index is 6.24. The van der Waals surface area contributed by atoms with Gasteiger partial charge in [0.1, 0.15) is 17.4 Å². The van der Waals surface area contributed by atoms with E-state index in [-0.39, 0.29) is 0 Å². The number of hydrogen-bond donors (Lipinski definition) is 4. The lowest BCUT2D eigenvalue weighted by atomic mass is 10.0. The number of ether oxygens (including phenoxy) is 1. The highest BCUT2D eigenvalue weighted by atomic mass is 16.5. The second kappa shape index (κ2) is 9.21. The van der Waals surface area contributed by atoms with Gasteiger partial charge in [-0.15, -0.1) is 0 Å². The first-order chi connectivity index (χ1) is 18.3. The van der Waals surface area contributed by atoms with Crippen molar-refractivity contribution >= 4 is 10.9 Å². The summed E-state index contributed by atoms with van der Waals surface area (Å²) in [5, 5.41) is 8.09. The van der Waals surface area contributed by atoms with Gasteiger partial charge in [0.15, 0.2) is 6.73 Å². The van der Waals surface area contributed by atoms with Crippen LogP contribution in [0.5, 0.6) is 5.75 Å². The molecule has 188 valence electrons. The Hall–Kier alpha value is -3.88. The van der Waals surface area contributed by atoms with Crippen molar-refractivity contribution in [2.45, 2.75) is 45.5 Å². The first-order valence-electron chi connectivity index (χ1n) is 13.2. The average molecular weight is 494 g/mol. The molecule has 0 spiro atoms. The molecule has 1 saturated heterocycles. The Morgan fingerprint density at radius 3 is 2.78 bits per heavy atom. The first kappa shape index (κ1) is 22.3. The SMILES string of the molecule is CCCNCc1ncc(-c2ccc3c(c2)cc2n3COc3cc(-c4cnc(C5CCCN5)[nH]4)ccc3-2)[nH]1. The van der Waals surface area contributed by atoms with Crippen molar-refractivity contribution < 1.29 is 4.74 Å². The van der Waals surface area contributed by atoms with Crippen LogP contribution in [0.2, 0.25) is 0 Å². The summed E-state index contributed by atoms with van der Waals surface area (Å²) in [5.74, 6) is 2.88. The molecule has 5 aromatic rings. The second-order valence-corrected chi connectivity index (χ2v) is 9.97. The summed E-state index contributed by atoms with van der Waals surface area (Å²) in [6.45, 7) is 5.46. The lowest BCUT2D eigenvalue weighted by Crippen LogP contribution is -2.14. The molecular weight excluding hydrogens is 462 g/mol. The van der Waals surface area contributed by atoms with E-state index in [1.807, 2.05) is 12.4 Å². The minimum Gasteiger partial charge on any atom is -0.472 e. The van der Waals surface area contributed by atoms with E-state index in [1.54, 1.807) is 0 Å². The van der Waals surface area contributed by atoms with E-state index in [1.165, 1.54) is 23.0 Å². The summed E-state index contributed by atoms with van der Waals surface area (Å²) >= 11 is 0. The number of benzene rings is 2. The van der Waals surface area contributed by atoms with Gasteiger partial charge < -0.3 is 29.9 Å². The van der Waals surface area contributed by atoms with Crippen LogP contribution in [0, 0.1) is 0 Å². The number of hydrogen-bond acceptors (Lipinski definition) is 5. The second-order valence-electron chi connectivity index (χ2n) is 9.97. The number of nitrogens with one attached hydrogen (secondary N) is 4. The first-order valence-corrected chi connectivity index (χ1v) is 13.2. The van der Waals surface area contributed by atoms with Gasteiger partial charge in [-0.3, -0.25) is 0 Å². The molecule has 8 nitrogen and oxygen atoms in total. The predicted octanol–water partition coefficient (Wildman–Crippen LogP) is 5.36. The molecule has 0 saturated carbocycles. The lowest BCUT2D eigenvalue weighted by Gasteiger charge is -2.21. The van der Waals surface area contributed by atoms with Crippen LogP contribution in [0.4, 0.5) is 0 Å². The van der Waals surface area contributed by atoms with E-state index in [9.17, 15) is 0 Å². The molecule has 7 rings (SSSR count).